The van der Waals surface area contributed by atoms with Crippen molar-refractivity contribution in [2.75, 3.05) is 16.3 Å². The summed E-state index contributed by atoms with van der Waals surface area (Å²) in [6.07, 6.45) is 2.56. The molecule has 0 bridgehead atoms. The third-order valence-electron chi connectivity index (χ3n) is 2.20. The van der Waals surface area contributed by atoms with Crippen molar-refractivity contribution in [3.63, 3.8) is 0 Å². The van der Waals surface area contributed by atoms with Gasteiger partial charge < -0.3 is 5.32 Å². The van der Waals surface area contributed by atoms with Gasteiger partial charge in [-0.05, 0) is 40.2 Å². The molecule has 5 nitrogen and oxygen atoms in total. The number of rotatable bonds is 4. The number of nitrogens with one attached hydrogen (secondary N) is 2. The lowest BCUT2D eigenvalue weighted by atomic mass is 10.3. The Balaban J connectivity index is 2.13. The second kappa shape index (κ2) is 5.58. The van der Waals surface area contributed by atoms with Gasteiger partial charge in [-0.3, -0.25) is 4.72 Å². The summed E-state index contributed by atoms with van der Waals surface area (Å²) in [6.45, 7) is 0. The minimum atomic E-state index is -3.27. The Kier molecular flexibility index (Phi) is 4.06. The Morgan fingerprint density at radius 2 is 1.89 bits per heavy atom. The maximum Gasteiger partial charge on any atom is 0.229 e. The first-order valence-corrected chi connectivity index (χ1v) is 8.08. The third kappa shape index (κ3) is 4.22. The smallest absolute Gasteiger partial charge is 0.229 e. The largest absolute Gasteiger partial charge is 0.339 e. The predicted molar refractivity (Wildman–Crippen MR) is 80.1 cm³/mol. The highest BCUT2D eigenvalue weighted by Gasteiger charge is 2.03. The molecule has 1 aromatic heterocycles. The van der Waals surface area contributed by atoms with Crippen LogP contribution in [0.3, 0.4) is 0 Å². The number of halogens is 1. The minimum Gasteiger partial charge on any atom is -0.339 e. The maximum absolute atomic E-state index is 11.1. The van der Waals surface area contributed by atoms with Gasteiger partial charge in [0.1, 0.15) is 5.82 Å². The molecule has 0 spiro atoms. The van der Waals surface area contributed by atoms with Gasteiger partial charge in [0, 0.05) is 4.47 Å². The molecule has 0 radical (unpaired) electrons. The summed E-state index contributed by atoms with van der Waals surface area (Å²) >= 11 is 3.43. The number of para-hydroxylation sites is 1. The van der Waals surface area contributed by atoms with E-state index in [0.717, 1.165) is 16.4 Å². The monoisotopic (exact) mass is 341 g/mol. The molecule has 2 aromatic rings. The van der Waals surface area contributed by atoms with E-state index >= 15 is 0 Å². The van der Waals surface area contributed by atoms with Crippen molar-refractivity contribution in [2.45, 2.75) is 0 Å². The van der Waals surface area contributed by atoms with Crippen LogP contribution < -0.4 is 10.0 Å². The molecule has 2 N–H and O–H groups in total. The number of pyridine rings is 1. The fourth-order valence-electron chi connectivity index (χ4n) is 1.44. The Hall–Kier alpha value is -1.60. The van der Waals surface area contributed by atoms with Crippen molar-refractivity contribution in [2.24, 2.45) is 0 Å². The fraction of sp³-hybridized carbons (Fsp3) is 0.0833. The van der Waals surface area contributed by atoms with Crippen LogP contribution >= 0.6 is 15.9 Å². The number of nitrogens with zero attached hydrogens (tertiary/aromatic N) is 1. The Morgan fingerprint density at radius 3 is 2.47 bits per heavy atom. The van der Waals surface area contributed by atoms with E-state index in [9.17, 15) is 8.42 Å². The zero-order valence-electron chi connectivity index (χ0n) is 10.1. The quantitative estimate of drug-likeness (QED) is 0.896. The summed E-state index contributed by atoms with van der Waals surface area (Å²) in [5.41, 5.74) is 1.32. The fourth-order valence-corrected chi connectivity index (χ4v) is 2.38. The zero-order chi connectivity index (χ0) is 13.9. The lowest BCUT2D eigenvalue weighted by Crippen LogP contribution is -2.09. The van der Waals surface area contributed by atoms with E-state index in [1.165, 1.54) is 6.20 Å². The van der Waals surface area contributed by atoms with Crippen LogP contribution in [0.1, 0.15) is 0 Å². The van der Waals surface area contributed by atoms with Crippen LogP contribution in [0.4, 0.5) is 17.2 Å². The average Bonchev–Trinajstić information content (AvgIpc) is 2.33. The van der Waals surface area contributed by atoms with Crippen LogP contribution in [-0.2, 0) is 10.0 Å². The highest BCUT2D eigenvalue weighted by molar-refractivity contribution is 9.10. The molecular weight excluding hydrogens is 330 g/mol. The Morgan fingerprint density at radius 1 is 1.16 bits per heavy atom. The van der Waals surface area contributed by atoms with Crippen LogP contribution in [0.15, 0.2) is 47.1 Å². The number of hydrogen-bond donors (Lipinski definition) is 2. The normalized spacial score (nSPS) is 11.1. The first kappa shape index (κ1) is 13.8. The topological polar surface area (TPSA) is 71.1 Å². The van der Waals surface area contributed by atoms with Gasteiger partial charge in [0.05, 0.1) is 23.8 Å². The summed E-state index contributed by atoms with van der Waals surface area (Å²) in [4.78, 5) is 4.14. The van der Waals surface area contributed by atoms with Crippen LogP contribution in [0.2, 0.25) is 0 Å². The Labute approximate surface area is 120 Å². The van der Waals surface area contributed by atoms with Gasteiger partial charge in [-0.15, -0.1) is 0 Å². The van der Waals surface area contributed by atoms with Gasteiger partial charge in [-0.1, -0.05) is 12.1 Å². The van der Waals surface area contributed by atoms with Gasteiger partial charge in [-0.2, -0.15) is 0 Å². The van der Waals surface area contributed by atoms with E-state index in [2.05, 4.69) is 31.0 Å². The number of benzene rings is 1. The van der Waals surface area contributed by atoms with E-state index in [1.807, 2.05) is 24.3 Å². The zero-order valence-corrected chi connectivity index (χ0v) is 12.5. The molecule has 0 aliphatic heterocycles. The van der Waals surface area contributed by atoms with Crippen molar-refractivity contribution in [1.82, 2.24) is 4.98 Å². The summed E-state index contributed by atoms with van der Waals surface area (Å²) < 4.78 is 25.4. The van der Waals surface area contributed by atoms with Crippen molar-refractivity contribution in [3.8, 4) is 0 Å². The number of sulfonamides is 1. The maximum atomic E-state index is 11.1. The van der Waals surface area contributed by atoms with E-state index < -0.39 is 10.0 Å². The molecular formula is C12H12BrN3O2S. The molecule has 7 heteroatoms. The van der Waals surface area contributed by atoms with Crippen molar-refractivity contribution in [3.05, 3.63) is 47.1 Å². The number of hydrogen-bond acceptors (Lipinski definition) is 4. The lowest BCUT2D eigenvalue weighted by Gasteiger charge is -2.08. The van der Waals surface area contributed by atoms with Gasteiger partial charge in [-0.25, -0.2) is 13.4 Å². The Bertz CT molecular complexity index is 672. The summed E-state index contributed by atoms with van der Waals surface area (Å²) in [6, 6.07) is 11.0. The van der Waals surface area contributed by atoms with Gasteiger partial charge in [0.15, 0.2) is 0 Å². The molecule has 0 fully saturated rings. The van der Waals surface area contributed by atoms with Crippen molar-refractivity contribution < 1.29 is 8.42 Å². The van der Waals surface area contributed by atoms with Crippen LogP contribution in [0, 0.1) is 0 Å². The standard InChI is InChI=1S/C12H12BrN3O2S/c1-19(17,18)16-9-6-7-12(14-8-9)15-11-5-3-2-4-10(11)13/h2-8,16H,1H3,(H,14,15). The molecule has 0 saturated heterocycles. The van der Waals surface area contributed by atoms with E-state index in [-0.39, 0.29) is 0 Å². The van der Waals surface area contributed by atoms with E-state index in [0.29, 0.717) is 11.5 Å². The number of anilines is 3. The average molecular weight is 342 g/mol. The molecule has 0 amide bonds. The SMILES string of the molecule is CS(=O)(=O)Nc1ccc(Nc2ccccc2Br)nc1. The molecule has 1 aromatic carbocycles. The van der Waals surface area contributed by atoms with Crippen LogP contribution in [0.25, 0.3) is 0 Å². The molecule has 0 unspecified atom stereocenters. The highest BCUT2D eigenvalue weighted by Crippen LogP contribution is 2.24. The predicted octanol–water partition coefficient (Wildman–Crippen LogP) is 2.96. The summed E-state index contributed by atoms with van der Waals surface area (Å²) in [5, 5.41) is 3.13. The second-order valence-electron chi connectivity index (χ2n) is 3.91. The first-order chi connectivity index (χ1) is 8.94. The van der Waals surface area contributed by atoms with Gasteiger partial charge in [0.25, 0.3) is 0 Å². The molecule has 0 aliphatic rings. The molecule has 1 heterocycles. The molecule has 100 valence electrons. The van der Waals surface area contributed by atoms with Crippen LogP contribution in [0.5, 0.6) is 0 Å². The molecule has 19 heavy (non-hydrogen) atoms. The first-order valence-electron chi connectivity index (χ1n) is 5.39. The van der Waals surface area contributed by atoms with Crippen LogP contribution in [-0.4, -0.2) is 19.7 Å². The molecule has 0 saturated carbocycles. The molecule has 0 atom stereocenters. The highest BCUT2D eigenvalue weighted by atomic mass is 79.9. The molecule has 2 rings (SSSR count). The van der Waals surface area contributed by atoms with E-state index in [4.69, 9.17) is 0 Å². The second-order valence-corrected chi connectivity index (χ2v) is 6.51. The summed E-state index contributed by atoms with van der Waals surface area (Å²) in [7, 11) is -3.27. The van der Waals surface area contributed by atoms with Crippen molar-refractivity contribution in [1.29, 1.82) is 0 Å². The van der Waals surface area contributed by atoms with Crippen molar-refractivity contribution >= 4 is 43.1 Å². The van der Waals surface area contributed by atoms with Gasteiger partial charge >= 0.3 is 0 Å². The number of aromatic nitrogens is 1. The van der Waals surface area contributed by atoms with Gasteiger partial charge in [0.2, 0.25) is 10.0 Å². The molecule has 0 aliphatic carbocycles. The third-order valence-corrected chi connectivity index (χ3v) is 3.50. The van der Waals surface area contributed by atoms with E-state index in [1.54, 1.807) is 12.1 Å². The minimum absolute atomic E-state index is 0.431. The lowest BCUT2D eigenvalue weighted by molar-refractivity contribution is 0.607. The summed E-state index contributed by atoms with van der Waals surface area (Å²) in [5.74, 6) is 0.631.